The molecule has 15 heavy (non-hydrogen) atoms. The minimum absolute atomic E-state index is 0.0916. The lowest BCUT2D eigenvalue weighted by molar-refractivity contribution is 0.183. The molecule has 1 aromatic heterocycles. The molecule has 0 bridgehead atoms. The average molecular weight is 232 g/mol. The van der Waals surface area contributed by atoms with Crippen molar-refractivity contribution in [2.75, 3.05) is 31.4 Å². The number of hydrogen-bond acceptors (Lipinski definition) is 6. The monoisotopic (exact) mass is 231 g/mol. The summed E-state index contributed by atoms with van der Waals surface area (Å²) in [7, 11) is 3.48. The fraction of sp³-hybridized carbons (Fsp3) is 0.625. The molecule has 84 valence electrons. The molecule has 0 radical (unpaired) electrons. The van der Waals surface area contributed by atoms with Gasteiger partial charge in [0.05, 0.1) is 12.6 Å². The van der Waals surface area contributed by atoms with E-state index in [1.807, 2.05) is 18.9 Å². The van der Waals surface area contributed by atoms with E-state index in [9.17, 15) is 0 Å². The molecule has 0 spiro atoms. The molecule has 6 nitrogen and oxygen atoms in total. The van der Waals surface area contributed by atoms with Crippen LogP contribution in [-0.4, -0.2) is 41.8 Å². The standard InChI is InChI=1S/C8H14ClN5O/c1-5(4-15-3)14(2)8-12-6(9)11-7(10)13-8/h5H,4H2,1-3H3,(H2,10,11,12,13). The molecule has 0 aliphatic rings. The molecule has 0 aromatic carbocycles. The highest BCUT2D eigenvalue weighted by Gasteiger charge is 2.13. The van der Waals surface area contributed by atoms with Gasteiger partial charge in [-0.05, 0) is 18.5 Å². The van der Waals surface area contributed by atoms with E-state index in [0.717, 1.165) is 0 Å². The number of hydrogen-bond donors (Lipinski definition) is 1. The Morgan fingerprint density at radius 3 is 2.67 bits per heavy atom. The van der Waals surface area contributed by atoms with Gasteiger partial charge in [-0.3, -0.25) is 0 Å². The normalized spacial score (nSPS) is 12.5. The van der Waals surface area contributed by atoms with Gasteiger partial charge in [0, 0.05) is 14.2 Å². The number of halogens is 1. The van der Waals surface area contributed by atoms with Crippen LogP contribution in [0.3, 0.4) is 0 Å². The Kier molecular flexibility index (Phi) is 4.05. The van der Waals surface area contributed by atoms with Crippen LogP contribution in [0, 0.1) is 0 Å². The first-order valence-electron chi connectivity index (χ1n) is 4.43. The molecule has 7 heteroatoms. The fourth-order valence-electron chi connectivity index (χ4n) is 1.06. The van der Waals surface area contributed by atoms with Gasteiger partial charge in [-0.2, -0.15) is 15.0 Å². The Morgan fingerprint density at radius 2 is 2.13 bits per heavy atom. The molecule has 0 amide bonds. The maximum Gasteiger partial charge on any atom is 0.231 e. The van der Waals surface area contributed by atoms with Crippen molar-refractivity contribution in [3.8, 4) is 0 Å². The predicted molar refractivity (Wildman–Crippen MR) is 59.0 cm³/mol. The van der Waals surface area contributed by atoms with Gasteiger partial charge in [-0.25, -0.2) is 0 Å². The minimum Gasteiger partial charge on any atom is -0.383 e. The van der Waals surface area contributed by atoms with Crippen molar-refractivity contribution in [1.82, 2.24) is 15.0 Å². The van der Waals surface area contributed by atoms with Crippen LogP contribution < -0.4 is 10.6 Å². The zero-order valence-corrected chi connectivity index (χ0v) is 9.69. The van der Waals surface area contributed by atoms with Gasteiger partial charge in [-0.1, -0.05) is 0 Å². The van der Waals surface area contributed by atoms with Gasteiger partial charge in [-0.15, -0.1) is 0 Å². The van der Waals surface area contributed by atoms with Crippen LogP contribution in [0.4, 0.5) is 11.9 Å². The summed E-state index contributed by atoms with van der Waals surface area (Å²) in [6, 6.07) is 0.132. The Labute approximate surface area is 93.4 Å². The molecule has 0 aliphatic heterocycles. The van der Waals surface area contributed by atoms with Crippen molar-refractivity contribution in [2.45, 2.75) is 13.0 Å². The van der Waals surface area contributed by atoms with E-state index in [-0.39, 0.29) is 17.3 Å². The van der Waals surface area contributed by atoms with Crippen molar-refractivity contribution >= 4 is 23.5 Å². The van der Waals surface area contributed by atoms with Crippen LogP contribution in [0.5, 0.6) is 0 Å². The summed E-state index contributed by atoms with van der Waals surface area (Å²) in [5.41, 5.74) is 5.47. The Balaban J connectivity index is 2.85. The first-order chi connectivity index (χ1) is 7.04. The maximum absolute atomic E-state index is 5.68. The number of anilines is 2. The first-order valence-corrected chi connectivity index (χ1v) is 4.81. The molecule has 1 rings (SSSR count). The average Bonchev–Trinajstić information content (AvgIpc) is 2.15. The smallest absolute Gasteiger partial charge is 0.231 e. The van der Waals surface area contributed by atoms with Gasteiger partial charge >= 0.3 is 0 Å². The summed E-state index contributed by atoms with van der Waals surface area (Å²) in [5, 5.41) is 0.0916. The highest BCUT2D eigenvalue weighted by molar-refractivity contribution is 6.28. The number of methoxy groups -OCH3 is 1. The molecule has 1 atom stereocenters. The fourth-order valence-corrected chi connectivity index (χ4v) is 1.22. The summed E-state index contributed by atoms with van der Waals surface area (Å²) >= 11 is 5.68. The van der Waals surface area contributed by atoms with E-state index in [1.165, 1.54) is 0 Å². The van der Waals surface area contributed by atoms with E-state index >= 15 is 0 Å². The van der Waals surface area contributed by atoms with Crippen molar-refractivity contribution in [3.05, 3.63) is 5.28 Å². The van der Waals surface area contributed by atoms with Crippen molar-refractivity contribution in [1.29, 1.82) is 0 Å². The van der Waals surface area contributed by atoms with Crippen LogP contribution in [0.2, 0.25) is 5.28 Å². The van der Waals surface area contributed by atoms with Crippen LogP contribution >= 0.6 is 11.6 Å². The summed E-state index contributed by atoms with van der Waals surface area (Å²) < 4.78 is 5.03. The van der Waals surface area contributed by atoms with Crippen molar-refractivity contribution < 1.29 is 4.74 Å². The van der Waals surface area contributed by atoms with E-state index in [4.69, 9.17) is 22.1 Å². The van der Waals surface area contributed by atoms with Crippen molar-refractivity contribution in [2.24, 2.45) is 0 Å². The molecule has 0 fully saturated rings. The number of nitrogen functional groups attached to an aromatic ring is 1. The topological polar surface area (TPSA) is 77.2 Å². The second-order valence-corrected chi connectivity index (χ2v) is 3.52. The molecular formula is C8H14ClN5O. The molecule has 1 aromatic rings. The van der Waals surface area contributed by atoms with E-state index in [2.05, 4.69) is 15.0 Å². The number of aromatic nitrogens is 3. The molecule has 0 saturated carbocycles. The van der Waals surface area contributed by atoms with Crippen LogP contribution in [-0.2, 0) is 4.74 Å². The van der Waals surface area contributed by atoms with Crippen molar-refractivity contribution in [3.63, 3.8) is 0 Å². The van der Waals surface area contributed by atoms with E-state index in [0.29, 0.717) is 12.6 Å². The van der Waals surface area contributed by atoms with Gasteiger partial charge in [0.15, 0.2) is 0 Å². The van der Waals surface area contributed by atoms with Crippen LogP contribution in [0.15, 0.2) is 0 Å². The highest BCUT2D eigenvalue weighted by atomic mass is 35.5. The third kappa shape index (κ3) is 3.17. The quantitative estimate of drug-likeness (QED) is 0.817. The largest absolute Gasteiger partial charge is 0.383 e. The molecule has 1 unspecified atom stereocenters. The van der Waals surface area contributed by atoms with Crippen LogP contribution in [0.1, 0.15) is 6.92 Å². The van der Waals surface area contributed by atoms with E-state index < -0.39 is 0 Å². The minimum atomic E-state index is 0.0916. The number of likely N-dealkylation sites (N-methyl/N-ethyl adjacent to an activating group) is 1. The number of ether oxygens (including phenoxy) is 1. The third-order valence-electron chi connectivity index (χ3n) is 2.00. The summed E-state index contributed by atoms with van der Waals surface area (Å²) in [6.45, 7) is 2.55. The summed E-state index contributed by atoms with van der Waals surface area (Å²) in [6.07, 6.45) is 0. The lowest BCUT2D eigenvalue weighted by Crippen LogP contribution is -2.34. The Hall–Kier alpha value is -1.14. The first kappa shape index (κ1) is 11.9. The Morgan fingerprint density at radius 1 is 1.47 bits per heavy atom. The Bertz CT molecular complexity index is 315. The lowest BCUT2D eigenvalue weighted by Gasteiger charge is -2.23. The van der Waals surface area contributed by atoms with Gasteiger partial charge in [0.1, 0.15) is 0 Å². The maximum atomic E-state index is 5.68. The summed E-state index contributed by atoms with van der Waals surface area (Å²) in [5.74, 6) is 0.554. The van der Waals surface area contributed by atoms with Crippen LogP contribution in [0.25, 0.3) is 0 Å². The third-order valence-corrected chi connectivity index (χ3v) is 2.17. The highest BCUT2D eigenvalue weighted by Crippen LogP contribution is 2.12. The number of nitrogens with zero attached hydrogens (tertiary/aromatic N) is 4. The number of nitrogens with two attached hydrogens (primary N) is 1. The molecule has 0 aliphatic carbocycles. The zero-order chi connectivity index (χ0) is 11.4. The molecule has 2 N–H and O–H groups in total. The second kappa shape index (κ2) is 5.09. The van der Waals surface area contributed by atoms with Gasteiger partial charge < -0.3 is 15.4 Å². The molecule has 1 heterocycles. The SMILES string of the molecule is COCC(C)N(C)c1nc(N)nc(Cl)n1. The summed E-state index contributed by atoms with van der Waals surface area (Å²) in [4.78, 5) is 13.5. The molecule has 0 saturated heterocycles. The van der Waals surface area contributed by atoms with E-state index in [1.54, 1.807) is 7.11 Å². The zero-order valence-electron chi connectivity index (χ0n) is 8.94. The number of rotatable bonds is 4. The predicted octanol–water partition coefficient (Wildman–Crippen LogP) is 0.578. The van der Waals surface area contributed by atoms with Gasteiger partial charge in [0.25, 0.3) is 0 Å². The van der Waals surface area contributed by atoms with Gasteiger partial charge in [0.2, 0.25) is 17.2 Å². The second-order valence-electron chi connectivity index (χ2n) is 3.18. The lowest BCUT2D eigenvalue weighted by atomic mass is 10.3. The molecular weight excluding hydrogens is 218 g/mol.